The van der Waals surface area contributed by atoms with E-state index >= 15 is 0 Å². The largest absolute Gasteiger partial charge is 0.466 e. The second kappa shape index (κ2) is 7.78. The van der Waals surface area contributed by atoms with E-state index in [4.69, 9.17) is 4.74 Å². The highest BCUT2D eigenvalue weighted by molar-refractivity contribution is 5.69. The first-order valence-corrected chi connectivity index (χ1v) is 7.43. The summed E-state index contributed by atoms with van der Waals surface area (Å²) < 4.78 is 4.95. The summed E-state index contributed by atoms with van der Waals surface area (Å²) in [4.78, 5) is 11.3. The third kappa shape index (κ3) is 4.97. The lowest BCUT2D eigenvalue weighted by molar-refractivity contribution is -0.143. The molecule has 1 N–H and O–H groups in total. The molecule has 3 unspecified atom stereocenters. The van der Waals surface area contributed by atoms with Crippen LogP contribution >= 0.6 is 0 Å². The molecule has 3 atom stereocenters. The summed E-state index contributed by atoms with van der Waals surface area (Å²) in [5.41, 5.74) is 0. The summed E-state index contributed by atoms with van der Waals surface area (Å²) in [5.74, 6) is 2.19. The van der Waals surface area contributed by atoms with Crippen molar-refractivity contribution in [1.82, 2.24) is 5.32 Å². The molecule has 1 aliphatic rings. The van der Waals surface area contributed by atoms with Gasteiger partial charge in [-0.25, -0.2) is 0 Å². The summed E-state index contributed by atoms with van der Waals surface area (Å²) in [6.07, 6.45) is 4.39. The first kappa shape index (κ1) is 15.5. The van der Waals surface area contributed by atoms with E-state index in [1.807, 2.05) is 6.92 Å². The Morgan fingerprint density at radius 2 is 2.11 bits per heavy atom. The molecule has 1 fully saturated rings. The molecule has 0 amide bonds. The highest BCUT2D eigenvalue weighted by atomic mass is 16.5. The van der Waals surface area contributed by atoms with Gasteiger partial charge < -0.3 is 10.1 Å². The first-order chi connectivity index (χ1) is 8.54. The van der Waals surface area contributed by atoms with Crippen LogP contribution in [-0.4, -0.2) is 25.2 Å². The molecule has 0 radical (unpaired) electrons. The van der Waals surface area contributed by atoms with Crippen LogP contribution in [0.25, 0.3) is 0 Å². The fourth-order valence-corrected chi connectivity index (χ4v) is 3.03. The molecule has 0 bridgehead atoms. The van der Waals surface area contributed by atoms with Gasteiger partial charge in [-0.3, -0.25) is 4.79 Å². The van der Waals surface area contributed by atoms with E-state index in [1.165, 1.54) is 19.3 Å². The van der Waals surface area contributed by atoms with Gasteiger partial charge in [0.1, 0.15) is 0 Å². The maximum absolute atomic E-state index is 11.3. The van der Waals surface area contributed by atoms with Gasteiger partial charge in [-0.2, -0.15) is 0 Å². The van der Waals surface area contributed by atoms with Crippen molar-refractivity contribution in [1.29, 1.82) is 0 Å². The number of hydrogen-bond donors (Lipinski definition) is 1. The topological polar surface area (TPSA) is 38.3 Å². The van der Waals surface area contributed by atoms with Crippen LogP contribution in [0.3, 0.4) is 0 Å². The third-order valence-corrected chi connectivity index (χ3v) is 4.06. The molecule has 0 spiro atoms. The van der Waals surface area contributed by atoms with Gasteiger partial charge >= 0.3 is 5.97 Å². The van der Waals surface area contributed by atoms with Gasteiger partial charge in [-0.15, -0.1) is 0 Å². The van der Waals surface area contributed by atoms with Gasteiger partial charge in [0, 0.05) is 12.6 Å². The first-order valence-electron chi connectivity index (χ1n) is 7.43. The molecule has 0 saturated heterocycles. The average Bonchev–Trinajstić information content (AvgIpc) is 2.29. The van der Waals surface area contributed by atoms with Crippen LogP contribution in [0.4, 0.5) is 0 Å². The Bertz CT molecular complexity index is 253. The van der Waals surface area contributed by atoms with Crippen molar-refractivity contribution in [2.24, 2.45) is 17.8 Å². The molecule has 0 aromatic heterocycles. The van der Waals surface area contributed by atoms with Crippen molar-refractivity contribution in [3.63, 3.8) is 0 Å². The van der Waals surface area contributed by atoms with Crippen LogP contribution in [0.2, 0.25) is 0 Å². The second-order valence-corrected chi connectivity index (χ2v) is 5.94. The highest BCUT2D eigenvalue weighted by Crippen LogP contribution is 2.33. The van der Waals surface area contributed by atoms with Gasteiger partial charge in [-0.05, 0) is 37.5 Å². The maximum atomic E-state index is 11.3. The van der Waals surface area contributed by atoms with Crippen molar-refractivity contribution >= 4 is 5.97 Å². The standard InChI is InChI=1S/C15H29NO2/c1-5-18-15(17)8-9-16-14-10-12(4)6-7-13(14)11(2)3/h11-14,16H,5-10H2,1-4H3. The molecule has 1 rings (SSSR count). The second-order valence-electron chi connectivity index (χ2n) is 5.94. The molecule has 0 heterocycles. The fourth-order valence-electron chi connectivity index (χ4n) is 3.03. The Balaban J connectivity index is 2.34. The minimum Gasteiger partial charge on any atom is -0.466 e. The number of hydrogen-bond acceptors (Lipinski definition) is 3. The Hall–Kier alpha value is -0.570. The minimum atomic E-state index is -0.0880. The summed E-state index contributed by atoms with van der Waals surface area (Å²) in [6, 6.07) is 0.572. The summed E-state index contributed by atoms with van der Waals surface area (Å²) in [5, 5.41) is 3.57. The molecule has 0 aromatic carbocycles. The molecule has 0 aromatic rings. The average molecular weight is 255 g/mol. The minimum absolute atomic E-state index is 0.0880. The van der Waals surface area contributed by atoms with Crippen LogP contribution in [0.1, 0.15) is 53.4 Å². The Labute approximate surface area is 112 Å². The Morgan fingerprint density at radius 3 is 2.72 bits per heavy atom. The van der Waals surface area contributed by atoms with Crippen molar-refractivity contribution in [2.75, 3.05) is 13.2 Å². The van der Waals surface area contributed by atoms with Crippen LogP contribution < -0.4 is 5.32 Å². The molecule has 3 heteroatoms. The molecule has 1 aliphatic carbocycles. The quantitative estimate of drug-likeness (QED) is 0.742. The van der Waals surface area contributed by atoms with Gasteiger partial charge in [0.2, 0.25) is 0 Å². The fraction of sp³-hybridized carbons (Fsp3) is 0.933. The van der Waals surface area contributed by atoms with Crippen LogP contribution in [0, 0.1) is 17.8 Å². The van der Waals surface area contributed by atoms with Crippen LogP contribution in [0.15, 0.2) is 0 Å². The smallest absolute Gasteiger partial charge is 0.307 e. The molecule has 0 aliphatic heterocycles. The predicted molar refractivity (Wildman–Crippen MR) is 74.4 cm³/mol. The van der Waals surface area contributed by atoms with Crippen LogP contribution in [-0.2, 0) is 9.53 Å². The normalized spacial score (nSPS) is 28.4. The number of ether oxygens (including phenoxy) is 1. The number of rotatable bonds is 6. The molecule has 106 valence electrons. The van der Waals surface area contributed by atoms with E-state index in [-0.39, 0.29) is 5.97 Å². The number of carbonyl (C=O) groups is 1. The monoisotopic (exact) mass is 255 g/mol. The highest BCUT2D eigenvalue weighted by Gasteiger charge is 2.30. The summed E-state index contributed by atoms with van der Waals surface area (Å²) >= 11 is 0. The van der Waals surface area contributed by atoms with E-state index in [0.29, 0.717) is 19.1 Å². The van der Waals surface area contributed by atoms with Crippen molar-refractivity contribution in [2.45, 2.75) is 59.4 Å². The van der Waals surface area contributed by atoms with Gasteiger partial charge in [0.05, 0.1) is 13.0 Å². The maximum Gasteiger partial charge on any atom is 0.307 e. The summed E-state index contributed by atoms with van der Waals surface area (Å²) in [6.45, 7) is 10.0. The van der Waals surface area contributed by atoms with Crippen LogP contribution in [0.5, 0.6) is 0 Å². The van der Waals surface area contributed by atoms with E-state index in [2.05, 4.69) is 26.1 Å². The van der Waals surface area contributed by atoms with E-state index in [9.17, 15) is 4.79 Å². The van der Waals surface area contributed by atoms with Crippen molar-refractivity contribution in [3.05, 3.63) is 0 Å². The number of esters is 1. The SMILES string of the molecule is CCOC(=O)CCNC1CC(C)CCC1C(C)C. The van der Waals surface area contributed by atoms with E-state index in [1.54, 1.807) is 0 Å². The van der Waals surface area contributed by atoms with Gasteiger partial charge in [0.25, 0.3) is 0 Å². The van der Waals surface area contributed by atoms with Crippen molar-refractivity contribution in [3.8, 4) is 0 Å². The zero-order valence-electron chi connectivity index (χ0n) is 12.4. The number of carbonyl (C=O) groups excluding carboxylic acids is 1. The molecular weight excluding hydrogens is 226 g/mol. The molecule has 18 heavy (non-hydrogen) atoms. The van der Waals surface area contributed by atoms with E-state index in [0.717, 1.165) is 24.3 Å². The van der Waals surface area contributed by atoms with E-state index < -0.39 is 0 Å². The lowest BCUT2D eigenvalue weighted by Crippen LogP contribution is -2.43. The molecule has 1 saturated carbocycles. The van der Waals surface area contributed by atoms with Gasteiger partial charge in [0.15, 0.2) is 0 Å². The van der Waals surface area contributed by atoms with Crippen molar-refractivity contribution < 1.29 is 9.53 Å². The zero-order valence-corrected chi connectivity index (χ0v) is 12.4. The predicted octanol–water partition coefficient (Wildman–Crippen LogP) is 2.99. The zero-order chi connectivity index (χ0) is 13.5. The molecule has 3 nitrogen and oxygen atoms in total. The Morgan fingerprint density at radius 1 is 1.39 bits per heavy atom. The lowest BCUT2D eigenvalue weighted by atomic mass is 9.74. The Kier molecular flexibility index (Phi) is 6.69. The summed E-state index contributed by atoms with van der Waals surface area (Å²) in [7, 11) is 0. The van der Waals surface area contributed by atoms with Gasteiger partial charge in [-0.1, -0.05) is 27.2 Å². The lowest BCUT2D eigenvalue weighted by Gasteiger charge is -2.38. The number of nitrogens with one attached hydrogen (secondary N) is 1. The molecular formula is C15H29NO2. The third-order valence-electron chi connectivity index (χ3n) is 4.06.